The molecular weight excluding hydrogens is 362 g/mol. The van der Waals surface area contributed by atoms with Gasteiger partial charge in [0.15, 0.2) is 11.5 Å². The molecule has 2 aromatic carbocycles. The SMILES string of the molecule is COc1cc(Oc2ccc(C(=O)N3CCNCC3)cc2N)cc(OC)c1OC. The zero-order chi connectivity index (χ0) is 20.1. The van der Waals surface area contributed by atoms with E-state index in [1.54, 1.807) is 30.3 Å². The van der Waals surface area contributed by atoms with E-state index >= 15 is 0 Å². The molecule has 28 heavy (non-hydrogen) atoms. The number of anilines is 1. The summed E-state index contributed by atoms with van der Waals surface area (Å²) in [5, 5.41) is 3.23. The molecule has 0 spiro atoms. The average molecular weight is 387 g/mol. The molecule has 8 heteroatoms. The lowest BCUT2D eigenvalue weighted by Gasteiger charge is -2.27. The summed E-state index contributed by atoms with van der Waals surface area (Å²) in [4.78, 5) is 14.4. The fourth-order valence-corrected chi connectivity index (χ4v) is 3.07. The average Bonchev–Trinajstić information content (AvgIpc) is 2.74. The molecule has 3 N–H and O–H groups in total. The summed E-state index contributed by atoms with van der Waals surface area (Å²) in [5.74, 6) is 2.30. The zero-order valence-corrected chi connectivity index (χ0v) is 16.3. The van der Waals surface area contributed by atoms with Crippen molar-refractivity contribution in [1.82, 2.24) is 10.2 Å². The van der Waals surface area contributed by atoms with E-state index in [0.717, 1.165) is 13.1 Å². The van der Waals surface area contributed by atoms with Gasteiger partial charge in [-0.25, -0.2) is 0 Å². The largest absolute Gasteiger partial charge is 0.493 e. The maximum absolute atomic E-state index is 12.6. The zero-order valence-electron chi connectivity index (χ0n) is 16.3. The second kappa shape index (κ2) is 8.71. The van der Waals surface area contributed by atoms with E-state index in [9.17, 15) is 4.79 Å². The Kier molecular flexibility index (Phi) is 6.10. The Balaban J connectivity index is 1.82. The standard InChI is InChI=1S/C20H25N3O5/c1-25-17-11-14(12-18(26-2)19(17)27-3)28-16-5-4-13(10-15(16)21)20(24)23-8-6-22-7-9-23/h4-5,10-12,22H,6-9,21H2,1-3H3. The predicted octanol–water partition coefficient (Wildman–Crippen LogP) is 2.13. The minimum atomic E-state index is -0.0347. The van der Waals surface area contributed by atoms with E-state index in [1.165, 1.54) is 21.3 Å². The van der Waals surface area contributed by atoms with Crippen molar-refractivity contribution in [3.8, 4) is 28.7 Å². The Morgan fingerprint density at radius 3 is 2.14 bits per heavy atom. The molecular formula is C20H25N3O5. The highest BCUT2D eigenvalue weighted by atomic mass is 16.5. The van der Waals surface area contributed by atoms with Crippen LogP contribution in [0.15, 0.2) is 30.3 Å². The molecule has 0 atom stereocenters. The first-order valence-corrected chi connectivity index (χ1v) is 8.94. The normalized spacial score (nSPS) is 13.8. The van der Waals surface area contributed by atoms with Crippen molar-refractivity contribution < 1.29 is 23.7 Å². The van der Waals surface area contributed by atoms with Crippen LogP contribution in [-0.4, -0.2) is 58.3 Å². The Hall–Kier alpha value is -3.13. The lowest BCUT2D eigenvalue weighted by atomic mass is 10.1. The van der Waals surface area contributed by atoms with E-state index in [1.807, 2.05) is 4.90 Å². The Labute approximate surface area is 164 Å². The highest BCUT2D eigenvalue weighted by Crippen LogP contribution is 2.42. The summed E-state index contributed by atoms with van der Waals surface area (Å²) < 4.78 is 21.9. The molecule has 0 bridgehead atoms. The van der Waals surface area contributed by atoms with Crippen molar-refractivity contribution >= 4 is 11.6 Å². The molecule has 1 saturated heterocycles. The van der Waals surface area contributed by atoms with Crippen molar-refractivity contribution in [3.63, 3.8) is 0 Å². The molecule has 2 aromatic rings. The topological polar surface area (TPSA) is 95.3 Å². The van der Waals surface area contributed by atoms with Gasteiger partial charge in [-0.2, -0.15) is 0 Å². The summed E-state index contributed by atoms with van der Waals surface area (Å²) >= 11 is 0. The van der Waals surface area contributed by atoms with Gasteiger partial charge in [0.05, 0.1) is 27.0 Å². The van der Waals surface area contributed by atoms with Gasteiger partial charge in [0.25, 0.3) is 5.91 Å². The van der Waals surface area contributed by atoms with Crippen LogP contribution in [0.5, 0.6) is 28.7 Å². The number of nitrogens with zero attached hydrogens (tertiary/aromatic N) is 1. The summed E-state index contributed by atoms with van der Waals surface area (Å²) in [7, 11) is 4.60. The van der Waals surface area contributed by atoms with E-state index in [4.69, 9.17) is 24.7 Å². The van der Waals surface area contributed by atoms with Gasteiger partial charge in [-0.3, -0.25) is 4.79 Å². The predicted molar refractivity (Wildman–Crippen MR) is 106 cm³/mol. The number of benzene rings is 2. The second-order valence-corrected chi connectivity index (χ2v) is 6.26. The van der Waals surface area contributed by atoms with Crippen LogP contribution in [0, 0.1) is 0 Å². The van der Waals surface area contributed by atoms with Crippen LogP contribution in [0.3, 0.4) is 0 Å². The van der Waals surface area contributed by atoms with Crippen LogP contribution in [-0.2, 0) is 0 Å². The van der Waals surface area contributed by atoms with Gasteiger partial charge in [0, 0.05) is 43.9 Å². The molecule has 0 radical (unpaired) electrons. The molecule has 150 valence electrons. The van der Waals surface area contributed by atoms with Crippen LogP contribution in [0.4, 0.5) is 5.69 Å². The summed E-state index contributed by atoms with van der Waals surface area (Å²) in [6, 6.07) is 8.40. The van der Waals surface area contributed by atoms with E-state index in [-0.39, 0.29) is 5.91 Å². The van der Waals surface area contributed by atoms with Gasteiger partial charge >= 0.3 is 0 Å². The van der Waals surface area contributed by atoms with Crippen molar-refractivity contribution in [1.29, 1.82) is 0 Å². The van der Waals surface area contributed by atoms with Gasteiger partial charge in [0.2, 0.25) is 5.75 Å². The number of carbonyl (C=O) groups excluding carboxylic acids is 1. The van der Waals surface area contributed by atoms with Gasteiger partial charge in [-0.05, 0) is 18.2 Å². The Bertz CT molecular complexity index is 825. The summed E-state index contributed by atoms with van der Waals surface area (Å²) in [6.45, 7) is 2.96. The first kappa shape index (κ1) is 19.6. The molecule has 1 fully saturated rings. The molecule has 1 aliphatic heterocycles. The van der Waals surface area contributed by atoms with Crippen molar-refractivity contribution in [3.05, 3.63) is 35.9 Å². The first-order chi connectivity index (χ1) is 13.6. The maximum Gasteiger partial charge on any atom is 0.254 e. The highest BCUT2D eigenvalue weighted by Gasteiger charge is 2.19. The van der Waals surface area contributed by atoms with Crippen LogP contribution in [0.2, 0.25) is 0 Å². The number of methoxy groups -OCH3 is 3. The van der Waals surface area contributed by atoms with Crippen LogP contribution in [0.25, 0.3) is 0 Å². The second-order valence-electron chi connectivity index (χ2n) is 6.26. The molecule has 0 unspecified atom stereocenters. The molecule has 0 aromatic heterocycles. The third-order valence-electron chi connectivity index (χ3n) is 4.53. The number of nitrogens with two attached hydrogens (primary N) is 1. The summed E-state index contributed by atoms with van der Waals surface area (Å²) in [6.07, 6.45) is 0. The lowest BCUT2D eigenvalue weighted by Crippen LogP contribution is -2.46. The third kappa shape index (κ3) is 4.07. The number of piperazine rings is 1. The smallest absolute Gasteiger partial charge is 0.254 e. The van der Waals surface area contributed by atoms with Crippen LogP contribution >= 0.6 is 0 Å². The van der Waals surface area contributed by atoms with E-state index in [2.05, 4.69) is 5.32 Å². The number of nitrogens with one attached hydrogen (secondary N) is 1. The fourth-order valence-electron chi connectivity index (χ4n) is 3.07. The van der Waals surface area contributed by atoms with E-state index < -0.39 is 0 Å². The number of carbonyl (C=O) groups is 1. The monoisotopic (exact) mass is 387 g/mol. The number of nitrogen functional groups attached to an aromatic ring is 1. The fraction of sp³-hybridized carbons (Fsp3) is 0.350. The number of hydrogen-bond donors (Lipinski definition) is 2. The molecule has 0 saturated carbocycles. The lowest BCUT2D eigenvalue weighted by molar-refractivity contribution is 0.0736. The molecule has 0 aliphatic carbocycles. The number of amides is 1. The molecule has 1 amide bonds. The molecule has 1 aliphatic rings. The molecule has 3 rings (SSSR count). The quantitative estimate of drug-likeness (QED) is 0.733. The molecule has 1 heterocycles. The number of rotatable bonds is 6. The van der Waals surface area contributed by atoms with Gasteiger partial charge in [-0.15, -0.1) is 0 Å². The molecule has 8 nitrogen and oxygen atoms in total. The number of hydrogen-bond acceptors (Lipinski definition) is 7. The van der Waals surface area contributed by atoms with Crippen LogP contribution < -0.4 is 30.0 Å². The Morgan fingerprint density at radius 2 is 1.61 bits per heavy atom. The van der Waals surface area contributed by atoms with Gasteiger partial charge in [0.1, 0.15) is 11.5 Å². The minimum absolute atomic E-state index is 0.0347. The maximum atomic E-state index is 12.6. The van der Waals surface area contributed by atoms with Crippen LogP contribution in [0.1, 0.15) is 10.4 Å². The van der Waals surface area contributed by atoms with E-state index in [0.29, 0.717) is 53.1 Å². The van der Waals surface area contributed by atoms with Crippen molar-refractivity contribution in [2.75, 3.05) is 53.2 Å². The Morgan fingerprint density at radius 1 is 0.964 bits per heavy atom. The highest BCUT2D eigenvalue weighted by molar-refractivity contribution is 5.95. The number of ether oxygens (including phenoxy) is 4. The summed E-state index contributed by atoms with van der Waals surface area (Å²) in [5.41, 5.74) is 7.05. The van der Waals surface area contributed by atoms with Crippen molar-refractivity contribution in [2.24, 2.45) is 0 Å². The van der Waals surface area contributed by atoms with Gasteiger partial charge in [-0.1, -0.05) is 0 Å². The van der Waals surface area contributed by atoms with Gasteiger partial charge < -0.3 is 34.9 Å². The minimum Gasteiger partial charge on any atom is -0.493 e. The first-order valence-electron chi connectivity index (χ1n) is 8.94. The third-order valence-corrected chi connectivity index (χ3v) is 4.53. The van der Waals surface area contributed by atoms with Crippen molar-refractivity contribution in [2.45, 2.75) is 0 Å².